The number of likely N-dealkylation sites (tertiary alicyclic amines) is 1. The van der Waals surface area contributed by atoms with Gasteiger partial charge in [0.1, 0.15) is 0 Å². The lowest BCUT2D eigenvalue weighted by Crippen LogP contribution is -2.36. The quantitative estimate of drug-likeness (QED) is 0.639. The summed E-state index contributed by atoms with van der Waals surface area (Å²) >= 11 is 1.42. The molecule has 7 heteroatoms. The number of anilines is 1. The van der Waals surface area contributed by atoms with Crippen molar-refractivity contribution >= 4 is 38.9 Å². The van der Waals surface area contributed by atoms with Crippen molar-refractivity contribution in [2.75, 3.05) is 32.6 Å². The Bertz CT molecular complexity index is 1050. The molecule has 2 aromatic carbocycles. The molecule has 1 aliphatic rings. The molecule has 1 aliphatic heterocycles. The number of carbonyl (C=O) groups is 2. The number of hydrogen-bond acceptors (Lipinski definition) is 5. The Morgan fingerprint density at radius 3 is 2.37 bits per heavy atom. The van der Waals surface area contributed by atoms with E-state index in [1.807, 2.05) is 35.2 Å². The van der Waals surface area contributed by atoms with Crippen molar-refractivity contribution in [3.05, 3.63) is 52.9 Å². The van der Waals surface area contributed by atoms with Gasteiger partial charge in [-0.05, 0) is 42.8 Å². The first-order valence-corrected chi connectivity index (χ1v) is 10.8. The highest BCUT2D eigenvalue weighted by atomic mass is 32.1. The van der Waals surface area contributed by atoms with Gasteiger partial charge in [0.2, 0.25) is 0 Å². The first-order chi connectivity index (χ1) is 14.6. The maximum Gasteiger partial charge on any atom is 0.265 e. The summed E-state index contributed by atoms with van der Waals surface area (Å²) in [4.78, 5) is 28.6. The van der Waals surface area contributed by atoms with Gasteiger partial charge in [-0.1, -0.05) is 18.2 Å². The number of benzene rings is 2. The van der Waals surface area contributed by atoms with E-state index in [0.717, 1.165) is 42.4 Å². The summed E-state index contributed by atoms with van der Waals surface area (Å²) < 4.78 is 11.8. The second-order valence-electron chi connectivity index (χ2n) is 7.21. The van der Waals surface area contributed by atoms with E-state index in [9.17, 15) is 9.59 Å². The molecule has 4 rings (SSSR count). The molecule has 0 saturated carbocycles. The molecule has 0 bridgehead atoms. The molecule has 0 spiro atoms. The molecule has 1 saturated heterocycles. The molecule has 3 aromatic rings. The number of carbonyl (C=O) groups excluding carboxylic acids is 2. The van der Waals surface area contributed by atoms with Gasteiger partial charge in [0.25, 0.3) is 11.8 Å². The molecular formula is C23H24N2O4S. The normalized spacial score (nSPS) is 13.9. The van der Waals surface area contributed by atoms with Gasteiger partial charge in [-0.2, -0.15) is 0 Å². The summed E-state index contributed by atoms with van der Waals surface area (Å²) in [6, 6.07) is 13.0. The van der Waals surface area contributed by atoms with Gasteiger partial charge in [-0.25, -0.2) is 0 Å². The van der Waals surface area contributed by atoms with Gasteiger partial charge in [-0.3, -0.25) is 9.59 Å². The molecule has 2 amide bonds. The Hall–Kier alpha value is -3.06. The van der Waals surface area contributed by atoms with Crippen molar-refractivity contribution < 1.29 is 19.1 Å². The van der Waals surface area contributed by atoms with Crippen LogP contribution in [0.4, 0.5) is 5.69 Å². The Morgan fingerprint density at radius 2 is 1.67 bits per heavy atom. The molecule has 0 aliphatic carbocycles. The van der Waals surface area contributed by atoms with Crippen LogP contribution in [0.1, 0.15) is 39.3 Å². The highest BCUT2D eigenvalue weighted by molar-refractivity contribution is 7.20. The lowest BCUT2D eigenvalue weighted by Gasteiger charge is -2.28. The van der Waals surface area contributed by atoms with E-state index in [-0.39, 0.29) is 11.8 Å². The topological polar surface area (TPSA) is 67.9 Å². The van der Waals surface area contributed by atoms with Crippen LogP contribution in [0.3, 0.4) is 0 Å². The van der Waals surface area contributed by atoms with E-state index < -0.39 is 0 Å². The van der Waals surface area contributed by atoms with Crippen molar-refractivity contribution in [2.45, 2.75) is 19.3 Å². The van der Waals surface area contributed by atoms with Crippen LogP contribution < -0.4 is 14.8 Å². The molecule has 0 atom stereocenters. The minimum atomic E-state index is -0.254. The van der Waals surface area contributed by atoms with Gasteiger partial charge in [0.15, 0.2) is 11.5 Å². The minimum absolute atomic E-state index is 0.109. The van der Waals surface area contributed by atoms with Crippen LogP contribution in [0.25, 0.3) is 10.1 Å². The van der Waals surface area contributed by atoms with E-state index in [0.29, 0.717) is 27.6 Å². The van der Waals surface area contributed by atoms with Crippen molar-refractivity contribution in [3.63, 3.8) is 0 Å². The largest absolute Gasteiger partial charge is 0.493 e. The maximum absolute atomic E-state index is 13.2. The fourth-order valence-electron chi connectivity index (χ4n) is 3.70. The number of amides is 2. The molecule has 30 heavy (non-hydrogen) atoms. The average Bonchev–Trinajstić information content (AvgIpc) is 3.23. The summed E-state index contributed by atoms with van der Waals surface area (Å²) in [5, 5.41) is 3.94. The second-order valence-corrected chi connectivity index (χ2v) is 8.29. The van der Waals surface area contributed by atoms with E-state index in [2.05, 4.69) is 5.32 Å². The number of nitrogens with zero attached hydrogens (tertiary/aromatic N) is 1. The van der Waals surface area contributed by atoms with E-state index in [1.54, 1.807) is 12.1 Å². The summed E-state index contributed by atoms with van der Waals surface area (Å²) in [7, 11) is 3.06. The zero-order valence-electron chi connectivity index (χ0n) is 17.1. The first kappa shape index (κ1) is 20.2. The molecule has 156 valence electrons. The predicted molar refractivity (Wildman–Crippen MR) is 119 cm³/mol. The molecular weight excluding hydrogens is 400 g/mol. The Balaban J connectivity index is 1.69. The van der Waals surface area contributed by atoms with Gasteiger partial charge in [-0.15, -0.1) is 11.3 Å². The van der Waals surface area contributed by atoms with Crippen molar-refractivity contribution in [2.24, 2.45) is 0 Å². The number of piperidine rings is 1. The molecule has 0 unspecified atom stereocenters. The second kappa shape index (κ2) is 8.75. The Kier molecular flexibility index (Phi) is 5.90. The SMILES string of the molecule is COc1cc(NC(=O)c2cc3ccccc3s2)c(C(=O)N2CCCCC2)cc1OC. The highest BCUT2D eigenvalue weighted by Crippen LogP contribution is 2.35. The van der Waals surface area contributed by atoms with Crippen LogP contribution in [0, 0.1) is 0 Å². The van der Waals surface area contributed by atoms with Crippen molar-refractivity contribution in [3.8, 4) is 11.5 Å². The summed E-state index contributed by atoms with van der Waals surface area (Å²) in [5.41, 5.74) is 0.828. The predicted octanol–water partition coefficient (Wildman–Crippen LogP) is 4.80. The molecule has 0 radical (unpaired) electrons. The third-order valence-corrected chi connectivity index (χ3v) is 6.41. The van der Waals surface area contributed by atoms with Crippen LogP contribution in [-0.2, 0) is 0 Å². The third kappa shape index (κ3) is 3.98. The van der Waals surface area contributed by atoms with Gasteiger partial charge < -0.3 is 19.7 Å². The number of fused-ring (bicyclic) bond motifs is 1. The number of nitrogens with one attached hydrogen (secondary N) is 1. The van der Waals surface area contributed by atoms with E-state index in [4.69, 9.17) is 9.47 Å². The minimum Gasteiger partial charge on any atom is -0.493 e. The van der Waals surface area contributed by atoms with Crippen molar-refractivity contribution in [1.29, 1.82) is 0 Å². The molecule has 1 N–H and O–H groups in total. The summed E-state index contributed by atoms with van der Waals surface area (Å²) in [6.07, 6.45) is 3.11. The fourth-order valence-corrected chi connectivity index (χ4v) is 4.66. The monoisotopic (exact) mass is 424 g/mol. The smallest absolute Gasteiger partial charge is 0.265 e. The van der Waals surface area contributed by atoms with Crippen molar-refractivity contribution in [1.82, 2.24) is 4.90 Å². The average molecular weight is 425 g/mol. The van der Waals surface area contributed by atoms with Gasteiger partial charge in [0.05, 0.1) is 30.3 Å². The number of thiophene rings is 1. The number of methoxy groups -OCH3 is 2. The molecule has 2 heterocycles. The molecule has 1 aromatic heterocycles. The van der Waals surface area contributed by atoms with Crippen LogP contribution >= 0.6 is 11.3 Å². The first-order valence-electron chi connectivity index (χ1n) is 9.96. The molecule has 1 fully saturated rings. The summed E-state index contributed by atoms with van der Waals surface area (Å²) in [5.74, 6) is 0.551. The summed E-state index contributed by atoms with van der Waals surface area (Å²) in [6.45, 7) is 1.44. The van der Waals surface area contributed by atoms with E-state index >= 15 is 0 Å². The lowest BCUT2D eigenvalue weighted by molar-refractivity contribution is 0.0725. The zero-order chi connectivity index (χ0) is 21.1. The zero-order valence-corrected chi connectivity index (χ0v) is 17.9. The van der Waals surface area contributed by atoms with Crippen LogP contribution in [0.2, 0.25) is 0 Å². The number of rotatable bonds is 5. The standard InChI is InChI=1S/C23H24N2O4S/c1-28-18-13-16(23(27)25-10-6-3-7-11-25)17(14-19(18)29-2)24-22(26)21-12-15-8-4-5-9-20(15)30-21/h4-5,8-9,12-14H,3,6-7,10-11H2,1-2H3,(H,24,26). The third-order valence-electron chi connectivity index (χ3n) is 5.29. The highest BCUT2D eigenvalue weighted by Gasteiger charge is 2.24. The van der Waals surface area contributed by atoms with Crippen LogP contribution in [0.5, 0.6) is 11.5 Å². The maximum atomic E-state index is 13.2. The Labute approximate surface area is 179 Å². The Morgan fingerprint density at radius 1 is 0.967 bits per heavy atom. The lowest BCUT2D eigenvalue weighted by atomic mass is 10.1. The number of ether oxygens (including phenoxy) is 2. The van der Waals surface area contributed by atoms with Gasteiger partial charge >= 0.3 is 0 Å². The molecule has 6 nitrogen and oxygen atoms in total. The van der Waals surface area contributed by atoms with Gasteiger partial charge in [0, 0.05) is 23.9 Å². The van der Waals surface area contributed by atoms with E-state index in [1.165, 1.54) is 25.6 Å². The van der Waals surface area contributed by atoms with Crippen LogP contribution in [-0.4, -0.2) is 44.0 Å². The fraction of sp³-hybridized carbons (Fsp3) is 0.304. The van der Waals surface area contributed by atoms with Crippen LogP contribution in [0.15, 0.2) is 42.5 Å². The number of hydrogen-bond donors (Lipinski definition) is 1.